The van der Waals surface area contributed by atoms with Gasteiger partial charge in [0.1, 0.15) is 11.3 Å². The third kappa shape index (κ3) is 2.73. The van der Waals surface area contributed by atoms with Gasteiger partial charge in [0.2, 0.25) is 0 Å². The van der Waals surface area contributed by atoms with Crippen LogP contribution in [0.3, 0.4) is 0 Å². The van der Waals surface area contributed by atoms with E-state index in [4.69, 9.17) is 4.74 Å². The normalized spacial score (nSPS) is 19.0. The summed E-state index contributed by atoms with van der Waals surface area (Å²) in [6.07, 6.45) is 1.99. The van der Waals surface area contributed by atoms with Crippen molar-refractivity contribution in [2.45, 2.75) is 39.3 Å². The molecular weight excluding hydrogens is 242 g/mol. The molecule has 4 nitrogen and oxygen atoms in total. The molecule has 104 valence electrons. The van der Waals surface area contributed by atoms with E-state index in [9.17, 15) is 9.90 Å². The molecule has 1 heterocycles. The molecular formula is C15H21NO3. The van der Waals surface area contributed by atoms with Crippen LogP contribution in [-0.4, -0.2) is 35.7 Å². The van der Waals surface area contributed by atoms with Gasteiger partial charge in [-0.1, -0.05) is 6.92 Å². The molecule has 1 N–H and O–H groups in total. The molecule has 1 aromatic carbocycles. The summed E-state index contributed by atoms with van der Waals surface area (Å²) in [5.74, 6) is -0.435. The Morgan fingerprint density at radius 2 is 2.16 bits per heavy atom. The van der Waals surface area contributed by atoms with Crippen LogP contribution >= 0.6 is 0 Å². The summed E-state index contributed by atoms with van der Waals surface area (Å²) in [7, 11) is 2.11. The first-order chi connectivity index (χ1) is 9.06. The molecule has 4 heteroatoms. The molecule has 1 aromatic rings. The summed E-state index contributed by atoms with van der Waals surface area (Å²) in [6, 6.07) is 4.18. The van der Waals surface area contributed by atoms with Crippen molar-refractivity contribution in [3.8, 4) is 5.75 Å². The summed E-state index contributed by atoms with van der Waals surface area (Å²) in [5.41, 5.74) is 2.60. The molecule has 0 saturated carbocycles. The molecule has 0 aromatic heterocycles. The quantitative estimate of drug-likeness (QED) is 0.907. The van der Waals surface area contributed by atoms with E-state index >= 15 is 0 Å². The Morgan fingerprint density at radius 1 is 1.42 bits per heavy atom. The molecule has 1 aliphatic rings. The number of carboxylic acid groups (broad SMARTS) is 1. The Hall–Kier alpha value is -1.55. The van der Waals surface area contributed by atoms with E-state index in [-0.39, 0.29) is 5.56 Å². The van der Waals surface area contributed by atoms with Crippen molar-refractivity contribution in [3.05, 3.63) is 28.8 Å². The van der Waals surface area contributed by atoms with Crippen LogP contribution in [0.15, 0.2) is 12.1 Å². The Bertz CT molecular complexity index is 485. The molecule has 0 fully saturated rings. The van der Waals surface area contributed by atoms with Gasteiger partial charge in [-0.15, -0.1) is 0 Å². The predicted molar refractivity (Wildman–Crippen MR) is 73.8 cm³/mol. The first kappa shape index (κ1) is 13.9. The number of likely N-dealkylation sites (N-methyl/N-ethyl adjacent to an activating group) is 1. The van der Waals surface area contributed by atoms with Gasteiger partial charge < -0.3 is 9.84 Å². The third-order valence-corrected chi connectivity index (χ3v) is 3.80. The zero-order valence-electron chi connectivity index (χ0n) is 11.8. The molecule has 2 rings (SSSR count). The Morgan fingerprint density at radius 3 is 2.74 bits per heavy atom. The van der Waals surface area contributed by atoms with Crippen molar-refractivity contribution in [3.63, 3.8) is 0 Å². The highest BCUT2D eigenvalue weighted by Gasteiger charge is 2.25. The fourth-order valence-electron chi connectivity index (χ4n) is 2.71. The van der Waals surface area contributed by atoms with Crippen molar-refractivity contribution in [1.29, 1.82) is 0 Å². The van der Waals surface area contributed by atoms with Crippen LogP contribution in [0.5, 0.6) is 5.75 Å². The van der Waals surface area contributed by atoms with Crippen molar-refractivity contribution in [1.82, 2.24) is 4.90 Å². The van der Waals surface area contributed by atoms with Crippen LogP contribution in [0.25, 0.3) is 0 Å². The Balaban J connectivity index is 2.42. The first-order valence-electron chi connectivity index (χ1n) is 6.78. The SMILES string of the molecule is CCOc1cc2c(cc1C(=O)O)CC(CC)N(C)C2. The van der Waals surface area contributed by atoms with Gasteiger partial charge in [-0.25, -0.2) is 4.79 Å². The lowest BCUT2D eigenvalue weighted by Crippen LogP contribution is -2.37. The highest BCUT2D eigenvalue weighted by molar-refractivity contribution is 5.91. The van der Waals surface area contributed by atoms with Gasteiger partial charge in [-0.05, 0) is 50.1 Å². The summed E-state index contributed by atoms with van der Waals surface area (Å²) in [6.45, 7) is 5.36. The number of benzene rings is 1. The summed E-state index contributed by atoms with van der Waals surface area (Å²) >= 11 is 0. The predicted octanol–water partition coefficient (Wildman–Crippen LogP) is 2.55. The lowest BCUT2D eigenvalue weighted by molar-refractivity contribution is 0.0692. The van der Waals surface area contributed by atoms with Crippen molar-refractivity contribution in [2.75, 3.05) is 13.7 Å². The number of hydrogen-bond donors (Lipinski definition) is 1. The van der Waals surface area contributed by atoms with Crippen LogP contribution in [-0.2, 0) is 13.0 Å². The lowest BCUT2D eigenvalue weighted by atomic mass is 9.91. The topological polar surface area (TPSA) is 49.8 Å². The number of fused-ring (bicyclic) bond motifs is 1. The van der Waals surface area contributed by atoms with E-state index in [0.29, 0.717) is 18.4 Å². The number of aromatic carboxylic acids is 1. The number of carbonyl (C=O) groups is 1. The average Bonchev–Trinajstić information content (AvgIpc) is 2.37. The van der Waals surface area contributed by atoms with Crippen molar-refractivity contribution < 1.29 is 14.6 Å². The van der Waals surface area contributed by atoms with Gasteiger partial charge >= 0.3 is 5.97 Å². The summed E-state index contributed by atoms with van der Waals surface area (Å²) < 4.78 is 5.45. The van der Waals surface area contributed by atoms with Crippen molar-refractivity contribution >= 4 is 5.97 Å². The number of carboxylic acids is 1. The van der Waals surface area contributed by atoms with Crippen molar-refractivity contribution in [2.24, 2.45) is 0 Å². The molecule has 19 heavy (non-hydrogen) atoms. The zero-order chi connectivity index (χ0) is 14.0. The van der Waals surface area contributed by atoms with Gasteiger partial charge in [-0.3, -0.25) is 4.90 Å². The molecule has 0 spiro atoms. The fraction of sp³-hybridized carbons (Fsp3) is 0.533. The molecule has 1 aliphatic heterocycles. The Kier molecular flexibility index (Phi) is 4.10. The summed E-state index contributed by atoms with van der Waals surface area (Å²) in [4.78, 5) is 13.6. The zero-order valence-corrected chi connectivity index (χ0v) is 11.8. The monoisotopic (exact) mass is 263 g/mol. The van der Waals surface area contributed by atoms with E-state index in [1.165, 1.54) is 5.56 Å². The van der Waals surface area contributed by atoms with E-state index in [2.05, 4.69) is 18.9 Å². The van der Waals surface area contributed by atoms with Crippen LogP contribution in [0, 0.1) is 0 Å². The number of ether oxygens (including phenoxy) is 1. The maximum atomic E-state index is 11.3. The minimum Gasteiger partial charge on any atom is -0.493 e. The van der Waals surface area contributed by atoms with E-state index < -0.39 is 5.97 Å². The number of hydrogen-bond acceptors (Lipinski definition) is 3. The van der Waals surface area contributed by atoms with Gasteiger partial charge in [0.25, 0.3) is 0 Å². The Labute approximate surface area is 114 Å². The number of rotatable bonds is 4. The largest absolute Gasteiger partial charge is 0.493 e. The molecule has 0 bridgehead atoms. The smallest absolute Gasteiger partial charge is 0.339 e. The summed E-state index contributed by atoms with van der Waals surface area (Å²) in [5, 5.41) is 9.28. The van der Waals surface area contributed by atoms with E-state index in [1.54, 1.807) is 6.07 Å². The lowest BCUT2D eigenvalue weighted by Gasteiger charge is -2.34. The van der Waals surface area contributed by atoms with Crippen LogP contribution < -0.4 is 4.74 Å². The standard InChI is InChI=1S/C15H21NO3/c1-4-12-6-10-7-13(15(17)18)14(19-5-2)8-11(10)9-16(12)3/h7-8,12H,4-6,9H2,1-3H3,(H,17,18). The van der Waals surface area contributed by atoms with Crippen LogP contribution in [0.2, 0.25) is 0 Å². The average molecular weight is 263 g/mol. The minimum absolute atomic E-state index is 0.278. The fourth-order valence-corrected chi connectivity index (χ4v) is 2.71. The van der Waals surface area contributed by atoms with Crippen LogP contribution in [0.4, 0.5) is 0 Å². The highest BCUT2D eigenvalue weighted by atomic mass is 16.5. The molecule has 1 atom stereocenters. The maximum absolute atomic E-state index is 11.3. The van der Waals surface area contributed by atoms with E-state index in [1.807, 2.05) is 13.0 Å². The van der Waals surface area contributed by atoms with Gasteiger partial charge in [0.15, 0.2) is 0 Å². The first-order valence-corrected chi connectivity index (χ1v) is 6.78. The molecule has 0 amide bonds. The second kappa shape index (κ2) is 5.61. The number of nitrogens with zero attached hydrogens (tertiary/aromatic N) is 1. The highest BCUT2D eigenvalue weighted by Crippen LogP contribution is 2.30. The van der Waals surface area contributed by atoms with Gasteiger partial charge in [0.05, 0.1) is 6.61 Å². The van der Waals surface area contributed by atoms with E-state index in [0.717, 1.165) is 24.9 Å². The molecule has 0 aliphatic carbocycles. The maximum Gasteiger partial charge on any atom is 0.339 e. The van der Waals surface area contributed by atoms with Crippen LogP contribution in [0.1, 0.15) is 41.8 Å². The third-order valence-electron chi connectivity index (χ3n) is 3.80. The molecule has 1 unspecified atom stereocenters. The molecule has 0 saturated heterocycles. The van der Waals surface area contributed by atoms with Gasteiger partial charge in [-0.2, -0.15) is 0 Å². The van der Waals surface area contributed by atoms with Gasteiger partial charge in [0, 0.05) is 12.6 Å². The second-order valence-electron chi connectivity index (χ2n) is 5.04. The molecule has 0 radical (unpaired) electrons. The second-order valence-corrected chi connectivity index (χ2v) is 5.04. The minimum atomic E-state index is -0.918.